The van der Waals surface area contributed by atoms with E-state index in [1.807, 2.05) is 61.5 Å². The van der Waals surface area contributed by atoms with Gasteiger partial charge in [0.05, 0.1) is 5.70 Å². The molecular formula is C30H34N6O2. The smallest absolute Gasteiger partial charge is 0.255 e. The molecule has 0 atom stereocenters. The van der Waals surface area contributed by atoms with E-state index in [0.29, 0.717) is 17.7 Å². The highest BCUT2D eigenvalue weighted by Crippen LogP contribution is 2.25. The average molecular weight is 511 g/mol. The number of pyridine rings is 1. The number of benzene rings is 2. The topological polar surface area (TPSA) is 82.0 Å². The highest BCUT2D eigenvalue weighted by Gasteiger charge is 2.15. The Hall–Kier alpha value is -4.01. The number of amides is 1. The van der Waals surface area contributed by atoms with Crippen molar-refractivity contribution in [3.8, 4) is 0 Å². The molecule has 8 nitrogen and oxygen atoms in total. The van der Waals surface area contributed by atoms with E-state index in [1.165, 1.54) is 10.1 Å². The molecule has 0 aliphatic carbocycles. The van der Waals surface area contributed by atoms with Crippen LogP contribution in [0.15, 0.2) is 76.7 Å². The zero-order valence-corrected chi connectivity index (χ0v) is 22.2. The predicted molar refractivity (Wildman–Crippen MR) is 154 cm³/mol. The molecule has 196 valence electrons. The van der Waals surface area contributed by atoms with Gasteiger partial charge in [-0.15, -0.1) is 0 Å². The van der Waals surface area contributed by atoms with Gasteiger partial charge in [-0.3, -0.25) is 14.5 Å². The van der Waals surface area contributed by atoms with Crippen LogP contribution >= 0.6 is 0 Å². The Morgan fingerprint density at radius 1 is 0.974 bits per heavy atom. The minimum absolute atomic E-state index is 0.0658. The zero-order chi connectivity index (χ0) is 26.6. The summed E-state index contributed by atoms with van der Waals surface area (Å²) in [6.07, 6.45) is 4.39. The molecule has 3 aromatic rings. The minimum atomic E-state index is -0.140. The van der Waals surface area contributed by atoms with Gasteiger partial charge in [-0.25, -0.2) is 4.99 Å². The van der Waals surface area contributed by atoms with Crippen LogP contribution in [-0.4, -0.2) is 59.3 Å². The number of piperazine rings is 1. The van der Waals surface area contributed by atoms with E-state index in [1.54, 1.807) is 19.3 Å². The Morgan fingerprint density at radius 2 is 1.74 bits per heavy atom. The van der Waals surface area contributed by atoms with Gasteiger partial charge < -0.3 is 20.1 Å². The largest absolute Gasteiger partial charge is 0.343 e. The van der Waals surface area contributed by atoms with Gasteiger partial charge in [-0.1, -0.05) is 24.3 Å². The van der Waals surface area contributed by atoms with E-state index in [9.17, 15) is 9.59 Å². The number of anilines is 2. The Kier molecular flexibility index (Phi) is 7.53. The minimum Gasteiger partial charge on any atom is -0.343 e. The number of rotatable bonds is 6. The molecule has 1 saturated heterocycles. The summed E-state index contributed by atoms with van der Waals surface area (Å²) in [6.45, 7) is 7.24. The summed E-state index contributed by atoms with van der Waals surface area (Å²) in [5.41, 5.74) is 6.00. The number of nitrogens with one attached hydrogen (secondary N) is 2. The van der Waals surface area contributed by atoms with Crippen LogP contribution in [0.2, 0.25) is 0 Å². The van der Waals surface area contributed by atoms with Gasteiger partial charge in [0.15, 0.2) is 0 Å². The van der Waals surface area contributed by atoms with Crippen LogP contribution in [0.5, 0.6) is 0 Å². The van der Waals surface area contributed by atoms with Gasteiger partial charge in [0.1, 0.15) is 5.84 Å². The summed E-state index contributed by atoms with van der Waals surface area (Å²) < 4.78 is 1.54. The molecule has 2 aromatic carbocycles. The second kappa shape index (κ2) is 11.2. The molecule has 5 rings (SSSR count). The van der Waals surface area contributed by atoms with E-state index in [-0.39, 0.29) is 11.5 Å². The first kappa shape index (κ1) is 25.6. The second-order valence-electron chi connectivity index (χ2n) is 10.1. The first-order valence-electron chi connectivity index (χ1n) is 13.0. The highest BCUT2D eigenvalue weighted by atomic mass is 16.1. The van der Waals surface area contributed by atoms with Crippen molar-refractivity contribution in [2.75, 3.05) is 43.9 Å². The van der Waals surface area contributed by atoms with E-state index in [4.69, 9.17) is 0 Å². The first-order valence-corrected chi connectivity index (χ1v) is 13.0. The number of aliphatic imine (C=N–C) groups is 1. The molecule has 2 aliphatic rings. The molecule has 0 spiro atoms. The standard InChI is InChI=1S/C30H34N6O2/c1-21-4-9-25(19-27(21)33-28-11-10-26(32-28)24-12-13-35(3)29(37)18-24)31-30(38)23-7-5-22(6-8-23)20-36-16-14-34(2)15-17-36/h4-10,12-13,18-19H,11,14-17,20H2,1-3H3,(H,31,38)(H,32,33). The lowest BCUT2D eigenvalue weighted by Crippen LogP contribution is -2.43. The van der Waals surface area contributed by atoms with Crippen LogP contribution < -0.4 is 16.2 Å². The van der Waals surface area contributed by atoms with Gasteiger partial charge in [-0.05, 0) is 55.4 Å². The van der Waals surface area contributed by atoms with Crippen molar-refractivity contribution in [2.45, 2.75) is 19.9 Å². The molecule has 1 fully saturated rings. The van der Waals surface area contributed by atoms with Crippen LogP contribution in [0, 0.1) is 6.92 Å². The van der Waals surface area contributed by atoms with Crippen molar-refractivity contribution in [1.82, 2.24) is 14.4 Å². The number of carbonyl (C=O) groups is 1. The normalized spacial score (nSPS) is 16.2. The quantitative estimate of drug-likeness (QED) is 0.525. The second-order valence-corrected chi connectivity index (χ2v) is 10.1. The maximum atomic E-state index is 12.9. The van der Waals surface area contributed by atoms with Crippen LogP contribution in [0.1, 0.15) is 33.5 Å². The number of carbonyl (C=O) groups excluding carboxylic acids is 1. The monoisotopic (exact) mass is 510 g/mol. The number of amidine groups is 1. The predicted octanol–water partition coefficient (Wildman–Crippen LogP) is 3.95. The number of hydrogen-bond donors (Lipinski definition) is 2. The summed E-state index contributed by atoms with van der Waals surface area (Å²) >= 11 is 0. The summed E-state index contributed by atoms with van der Waals surface area (Å²) in [4.78, 5) is 34.4. The average Bonchev–Trinajstić information content (AvgIpc) is 3.38. The Balaban J connectivity index is 1.21. The lowest BCUT2D eigenvalue weighted by molar-refractivity contribution is 0.102. The maximum Gasteiger partial charge on any atom is 0.255 e. The van der Waals surface area contributed by atoms with Crippen LogP contribution in [0.25, 0.3) is 5.70 Å². The molecule has 0 radical (unpaired) electrons. The third-order valence-electron chi connectivity index (χ3n) is 7.14. The van der Waals surface area contributed by atoms with Crippen LogP contribution in [-0.2, 0) is 13.6 Å². The number of hydrogen-bond acceptors (Lipinski definition) is 6. The number of aromatic nitrogens is 1. The van der Waals surface area contributed by atoms with Crippen molar-refractivity contribution in [2.24, 2.45) is 12.0 Å². The summed E-state index contributed by atoms with van der Waals surface area (Å²) in [6, 6.07) is 17.2. The van der Waals surface area contributed by atoms with Crippen molar-refractivity contribution >= 4 is 28.8 Å². The molecular weight excluding hydrogens is 476 g/mol. The van der Waals surface area contributed by atoms with E-state index in [2.05, 4.69) is 32.5 Å². The lowest BCUT2D eigenvalue weighted by Gasteiger charge is -2.32. The fourth-order valence-corrected chi connectivity index (χ4v) is 4.62. The fourth-order valence-electron chi connectivity index (χ4n) is 4.62. The van der Waals surface area contributed by atoms with Crippen LogP contribution in [0.3, 0.4) is 0 Å². The Labute approximate surface area is 223 Å². The maximum absolute atomic E-state index is 12.9. The highest BCUT2D eigenvalue weighted by molar-refractivity contribution is 6.06. The van der Waals surface area contributed by atoms with Crippen molar-refractivity contribution in [3.63, 3.8) is 0 Å². The SMILES string of the molecule is Cc1ccc(NC(=O)c2ccc(CN3CCN(C)CC3)cc2)cc1NC1=NC(c2ccn(C)c(=O)c2)=CC1. The van der Waals surface area contributed by atoms with E-state index >= 15 is 0 Å². The van der Waals surface area contributed by atoms with Crippen molar-refractivity contribution in [3.05, 3.63) is 99.5 Å². The molecule has 0 saturated carbocycles. The molecule has 2 N–H and O–H groups in total. The van der Waals surface area contributed by atoms with E-state index < -0.39 is 0 Å². The number of aryl methyl sites for hydroxylation is 2. The van der Waals surface area contributed by atoms with Gasteiger partial charge in [0.2, 0.25) is 0 Å². The molecule has 1 aromatic heterocycles. The molecule has 0 unspecified atom stereocenters. The van der Waals surface area contributed by atoms with Gasteiger partial charge in [0.25, 0.3) is 11.5 Å². The molecule has 2 aliphatic heterocycles. The zero-order valence-electron chi connectivity index (χ0n) is 22.2. The number of nitrogens with zero attached hydrogens (tertiary/aromatic N) is 4. The third-order valence-corrected chi connectivity index (χ3v) is 7.14. The third kappa shape index (κ3) is 6.10. The molecule has 3 heterocycles. The molecule has 1 amide bonds. The Bertz CT molecular complexity index is 1450. The Morgan fingerprint density at radius 3 is 2.47 bits per heavy atom. The van der Waals surface area contributed by atoms with E-state index in [0.717, 1.165) is 61.1 Å². The molecule has 0 bridgehead atoms. The van der Waals surface area contributed by atoms with Gasteiger partial charge in [0, 0.05) is 81.0 Å². The fraction of sp³-hybridized carbons (Fsp3) is 0.300. The van der Waals surface area contributed by atoms with Gasteiger partial charge >= 0.3 is 0 Å². The van der Waals surface area contributed by atoms with Crippen molar-refractivity contribution < 1.29 is 4.79 Å². The summed E-state index contributed by atoms with van der Waals surface area (Å²) in [7, 11) is 3.88. The van der Waals surface area contributed by atoms with Gasteiger partial charge in [-0.2, -0.15) is 0 Å². The summed E-state index contributed by atoms with van der Waals surface area (Å²) in [5, 5.41) is 6.41. The summed E-state index contributed by atoms with van der Waals surface area (Å²) in [5.74, 6) is 0.655. The first-order chi connectivity index (χ1) is 18.3. The number of likely N-dealkylation sites (N-methyl/N-ethyl adjacent to an activating group) is 1. The molecule has 8 heteroatoms. The van der Waals surface area contributed by atoms with Crippen LogP contribution in [0.4, 0.5) is 11.4 Å². The lowest BCUT2D eigenvalue weighted by atomic mass is 10.1. The molecule has 38 heavy (non-hydrogen) atoms. The van der Waals surface area contributed by atoms with Crippen molar-refractivity contribution in [1.29, 1.82) is 0 Å².